The van der Waals surface area contributed by atoms with E-state index in [1.165, 1.54) is 0 Å². The molecule has 0 N–H and O–H groups in total. The fourth-order valence-corrected chi connectivity index (χ4v) is 4.60. The molecule has 0 amide bonds. The predicted octanol–water partition coefficient (Wildman–Crippen LogP) is 4.27. The highest BCUT2D eigenvalue weighted by atomic mass is 32.2. The number of benzene rings is 2. The molecule has 3 aromatic rings. The first kappa shape index (κ1) is 20.8. The quantitative estimate of drug-likeness (QED) is 0.526. The zero-order chi connectivity index (χ0) is 21.0. The normalized spacial score (nSPS) is 16.0. The molecular formula is C23H26N2O4S. The first-order valence-corrected chi connectivity index (χ1v) is 11.6. The van der Waals surface area contributed by atoms with Gasteiger partial charge in [-0.1, -0.05) is 53.2 Å². The van der Waals surface area contributed by atoms with Crippen molar-refractivity contribution >= 4 is 10.1 Å². The summed E-state index contributed by atoms with van der Waals surface area (Å²) in [6.07, 6.45) is 1.78. The van der Waals surface area contributed by atoms with Crippen LogP contribution < -0.4 is 0 Å². The summed E-state index contributed by atoms with van der Waals surface area (Å²) in [4.78, 5) is 2.52. The van der Waals surface area contributed by atoms with E-state index in [0.29, 0.717) is 6.54 Å². The maximum absolute atomic E-state index is 12.4. The van der Waals surface area contributed by atoms with Crippen molar-refractivity contribution in [3.8, 4) is 11.3 Å². The van der Waals surface area contributed by atoms with Crippen molar-refractivity contribution in [2.45, 2.75) is 31.2 Å². The molecule has 2 heterocycles. The van der Waals surface area contributed by atoms with Crippen LogP contribution in [0, 0.1) is 12.8 Å². The number of piperidine rings is 1. The highest BCUT2D eigenvalue weighted by molar-refractivity contribution is 7.86. The molecule has 2 aromatic carbocycles. The third kappa shape index (κ3) is 5.16. The van der Waals surface area contributed by atoms with Crippen molar-refractivity contribution < 1.29 is 17.1 Å². The van der Waals surface area contributed by atoms with Gasteiger partial charge in [-0.3, -0.25) is 9.08 Å². The zero-order valence-corrected chi connectivity index (χ0v) is 17.8. The molecule has 0 spiro atoms. The van der Waals surface area contributed by atoms with Gasteiger partial charge in [0.2, 0.25) is 0 Å². The fourth-order valence-electron chi connectivity index (χ4n) is 3.62. The van der Waals surface area contributed by atoms with Crippen molar-refractivity contribution in [3.05, 3.63) is 72.0 Å². The lowest BCUT2D eigenvalue weighted by Crippen LogP contribution is -2.34. The number of rotatable bonds is 7. The Morgan fingerprint density at radius 2 is 1.77 bits per heavy atom. The lowest BCUT2D eigenvalue weighted by Gasteiger charge is -2.30. The Morgan fingerprint density at radius 3 is 2.47 bits per heavy atom. The lowest BCUT2D eigenvalue weighted by atomic mass is 9.98. The van der Waals surface area contributed by atoms with Crippen LogP contribution >= 0.6 is 0 Å². The molecule has 1 aromatic heterocycles. The van der Waals surface area contributed by atoms with Crippen LogP contribution in [0.1, 0.15) is 24.2 Å². The minimum Gasteiger partial charge on any atom is -0.359 e. The van der Waals surface area contributed by atoms with Gasteiger partial charge in [0.05, 0.1) is 18.0 Å². The smallest absolute Gasteiger partial charge is 0.296 e. The second-order valence-corrected chi connectivity index (χ2v) is 9.43. The Balaban J connectivity index is 1.25. The van der Waals surface area contributed by atoms with Crippen LogP contribution in [0.15, 0.2) is 70.1 Å². The van der Waals surface area contributed by atoms with Crippen LogP contribution in [-0.4, -0.2) is 38.2 Å². The van der Waals surface area contributed by atoms with Gasteiger partial charge in [0.1, 0.15) is 5.69 Å². The van der Waals surface area contributed by atoms with E-state index in [2.05, 4.69) is 10.1 Å². The molecule has 0 bridgehead atoms. The molecule has 158 valence electrons. The molecule has 0 atom stereocenters. The third-order valence-corrected chi connectivity index (χ3v) is 6.78. The molecule has 1 aliphatic rings. The van der Waals surface area contributed by atoms with E-state index in [-0.39, 0.29) is 17.4 Å². The molecule has 30 heavy (non-hydrogen) atoms. The van der Waals surface area contributed by atoms with Crippen LogP contribution in [0.5, 0.6) is 0 Å². The van der Waals surface area contributed by atoms with Gasteiger partial charge in [-0.2, -0.15) is 8.42 Å². The molecule has 0 unspecified atom stereocenters. The third-order valence-electron chi connectivity index (χ3n) is 5.48. The maximum atomic E-state index is 12.4. The van der Waals surface area contributed by atoms with E-state index >= 15 is 0 Å². The monoisotopic (exact) mass is 426 g/mol. The number of aryl methyl sites for hydroxylation is 1. The summed E-state index contributed by atoms with van der Waals surface area (Å²) in [7, 11) is -3.70. The maximum Gasteiger partial charge on any atom is 0.296 e. The Bertz CT molecular complexity index is 1050. The largest absolute Gasteiger partial charge is 0.359 e. The Kier molecular flexibility index (Phi) is 6.32. The van der Waals surface area contributed by atoms with Gasteiger partial charge in [0, 0.05) is 11.6 Å². The van der Waals surface area contributed by atoms with Gasteiger partial charge in [-0.05, 0) is 50.9 Å². The standard InChI is InChI=1S/C23H26N2O4S/c1-18-7-9-22(10-8-18)30(26,27)28-17-19-11-13-25(14-12-19)16-21-15-23(24-29-21)20-5-3-2-4-6-20/h2-10,15,19H,11-14,16-17H2,1H3. The van der Waals surface area contributed by atoms with Crippen LogP contribution in [0.3, 0.4) is 0 Å². The van der Waals surface area contributed by atoms with Gasteiger partial charge in [-0.25, -0.2) is 0 Å². The van der Waals surface area contributed by atoms with E-state index in [4.69, 9.17) is 8.71 Å². The Labute approximate surface area is 177 Å². The van der Waals surface area contributed by atoms with Crippen molar-refractivity contribution in [1.82, 2.24) is 10.1 Å². The minimum absolute atomic E-state index is 0.213. The summed E-state index contributed by atoms with van der Waals surface area (Å²) in [6.45, 7) is 4.60. The molecule has 0 saturated carbocycles. The molecular weight excluding hydrogens is 400 g/mol. The predicted molar refractivity (Wildman–Crippen MR) is 114 cm³/mol. The summed E-state index contributed by atoms with van der Waals surface area (Å²) in [5.74, 6) is 1.07. The topological polar surface area (TPSA) is 72.6 Å². The van der Waals surface area contributed by atoms with Gasteiger partial charge >= 0.3 is 0 Å². The number of aromatic nitrogens is 1. The van der Waals surface area contributed by atoms with E-state index in [1.54, 1.807) is 24.3 Å². The van der Waals surface area contributed by atoms with Gasteiger partial charge in [0.15, 0.2) is 5.76 Å². The number of hydrogen-bond acceptors (Lipinski definition) is 6. The molecule has 0 aliphatic carbocycles. The van der Waals surface area contributed by atoms with E-state index in [9.17, 15) is 8.42 Å². The average molecular weight is 427 g/mol. The second-order valence-electron chi connectivity index (χ2n) is 7.82. The van der Waals surface area contributed by atoms with Crippen molar-refractivity contribution in [2.75, 3.05) is 19.7 Å². The molecule has 1 saturated heterocycles. The number of likely N-dealkylation sites (tertiary alicyclic amines) is 1. The molecule has 6 nitrogen and oxygen atoms in total. The summed E-state index contributed by atoms with van der Waals surface area (Å²) in [5.41, 5.74) is 2.90. The Morgan fingerprint density at radius 1 is 1.07 bits per heavy atom. The zero-order valence-electron chi connectivity index (χ0n) is 17.0. The molecule has 1 aliphatic heterocycles. The minimum atomic E-state index is -3.70. The Hall–Kier alpha value is -2.48. The summed E-state index contributed by atoms with van der Waals surface area (Å²) in [6, 6.07) is 18.7. The van der Waals surface area contributed by atoms with E-state index in [0.717, 1.165) is 48.5 Å². The average Bonchev–Trinajstić information content (AvgIpc) is 3.23. The first-order valence-electron chi connectivity index (χ1n) is 10.2. The van der Waals surface area contributed by atoms with Crippen LogP contribution in [-0.2, 0) is 20.8 Å². The molecule has 1 fully saturated rings. The van der Waals surface area contributed by atoms with Crippen LogP contribution in [0.4, 0.5) is 0 Å². The highest BCUT2D eigenvalue weighted by Crippen LogP contribution is 2.24. The van der Waals surface area contributed by atoms with Crippen LogP contribution in [0.2, 0.25) is 0 Å². The lowest BCUT2D eigenvalue weighted by molar-refractivity contribution is 0.130. The fraction of sp³-hybridized carbons (Fsp3) is 0.348. The van der Waals surface area contributed by atoms with Crippen molar-refractivity contribution in [3.63, 3.8) is 0 Å². The summed E-state index contributed by atoms with van der Waals surface area (Å²) < 4.78 is 35.5. The molecule has 4 rings (SSSR count). The summed E-state index contributed by atoms with van der Waals surface area (Å²) in [5, 5.41) is 4.17. The summed E-state index contributed by atoms with van der Waals surface area (Å²) >= 11 is 0. The SMILES string of the molecule is Cc1ccc(S(=O)(=O)OCC2CCN(Cc3cc(-c4ccccc4)no3)CC2)cc1. The highest BCUT2D eigenvalue weighted by Gasteiger charge is 2.24. The molecule has 0 radical (unpaired) electrons. The van der Waals surface area contributed by atoms with Gasteiger partial charge < -0.3 is 4.52 Å². The number of hydrogen-bond donors (Lipinski definition) is 0. The second kappa shape index (κ2) is 9.12. The number of nitrogens with zero attached hydrogens (tertiary/aromatic N) is 2. The van der Waals surface area contributed by atoms with Crippen LogP contribution in [0.25, 0.3) is 11.3 Å². The van der Waals surface area contributed by atoms with Gasteiger partial charge in [-0.15, -0.1) is 0 Å². The van der Waals surface area contributed by atoms with Crippen molar-refractivity contribution in [2.24, 2.45) is 5.92 Å². The van der Waals surface area contributed by atoms with E-state index < -0.39 is 10.1 Å². The first-order chi connectivity index (χ1) is 14.5. The van der Waals surface area contributed by atoms with E-state index in [1.807, 2.05) is 43.3 Å². The van der Waals surface area contributed by atoms with Crippen molar-refractivity contribution in [1.29, 1.82) is 0 Å². The van der Waals surface area contributed by atoms with Gasteiger partial charge in [0.25, 0.3) is 10.1 Å². The molecule has 7 heteroatoms.